The minimum atomic E-state index is 0.0844. The second kappa shape index (κ2) is 5.52. The van der Waals surface area contributed by atoms with Crippen molar-refractivity contribution in [2.45, 2.75) is 70.3 Å². The summed E-state index contributed by atoms with van der Waals surface area (Å²) < 4.78 is 0. The molecule has 2 aliphatic rings. The third-order valence-electron chi connectivity index (χ3n) is 5.94. The molecule has 3 rings (SSSR count). The monoisotopic (exact) mass is 271 g/mol. The maximum atomic E-state index is 6.80. The number of rotatable bonds is 2. The Balaban J connectivity index is 1.75. The molecule has 0 saturated heterocycles. The fourth-order valence-corrected chi connectivity index (χ4v) is 4.49. The van der Waals surface area contributed by atoms with Crippen molar-refractivity contribution in [2.24, 2.45) is 17.6 Å². The molecule has 1 aromatic rings. The Morgan fingerprint density at radius 3 is 2.75 bits per heavy atom. The second-order valence-corrected chi connectivity index (χ2v) is 7.55. The Morgan fingerprint density at radius 1 is 1.15 bits per heavy atom. The highest BCUT2D eigenvalue weighted by atomic mass is 14.8. The summed E-state index contributed by atoms with van der Waals surface area (Å²) in [6, 6.07) is 9.04. The normalized spacial score (nSPS) is 37.5. The summed E-state index contributed by atoms with van der Waals surface area (Å²) in [6.45, 7) is 4.78. The van der Waals surface area contributed by atoms with E-state index in [1.807, 2.05) is 0 Å². The van der Waals surface area contributed by atoms with Crippen molar-refractivity contribution < 1.29 is 0 Å². The van der Waals surface area contributed by atoms with E-state index in [4.69, 9.17) is 5.73 Å². The van der Waals surface area contributed by atoms with Crippen LogP contribution in [-0.4, -0.2) is 5.54 Å². The van der Waals surface area contributed by atoms with Crippen LogP contribution >= 0.6 is 0 Å². The molecule has 110 valence electrons. The fourth-order valence-electron chi connectivity index (χ4n) is 4.49. The molecule has 0 aromatic heterocycles. The number of hydrogen-bond donors (Lipinski definition) is 1. The van der Waals surface area contributed by atoms with Gasteiger partial charge >= 0.3 is 0 Å². The van der Waals surface area contributed by atoms with E-state index in [2.05, 4.69) is 38.1 Å². The zero-order valence-corrected chi connectivity index (χ0v) is 13.1. The third-order valence-corrected chi connectivity index (χ3v) is 5.94. The third kappa shape index (κ3) is 2.79. The van der Waals surface area contributed by atoms with Gasteiger partial charge in [0.2, 0.25) is 0 Å². The van der Waals surface area contributed by atoms with Crippen LogP contribution in [0.5, 0.6) is 0 Å². The number of benzene rings is 1. The minimum Gasteiger partial charge on any atom is -0.325 e. The van der Waals surface area contributed by atoms with Crippen LogP contribution in [0.2, 0.25) is 0 Å². The highest BCUT2D eigenvalue weighted by Crippen LogP contribution is 2.43. The highest BCUT2D eigenvalue weighted by molar-refractivity contribution is 5.33. The molecule has 4 unspecified atom stereocenters. The molecular formula is C19H29N. The lowest BCUT2D eigenvalue weighted by Crippen LogP contribution is -2.47. The molecule has 0 spiro atoms. The van der Waals surface area contributed by atoms with E-state index in [0.717, 1.165) is 11.8 Å². The second-order valence-electron chi connectivity index (χ2n) is 7.55. The van der Waals surface area contributed by atoms with Crippen molar-refractivity contribution in [3.05, 3.63) is 35.4 Å². The van der Waals surface area contributed by atoms with E-state index in [1.54, 1.807) is 11.1 Å². The molecule has 20 heavy (non-hydrogen) atoms. The van der Waals surface area contributed by atoms with Crippen LogP contribution < -0.4 is 5.73 Å². The molecular weight excluding hydrogens is 242 g/mol. The van der Waals surface area contributed by atoms with Crippen molar-refractivity contribution in [3.8, 4) is 0 Å². The van der Waals surface area contributed by atoms with E-state index in [0.29, 0.717) is 5.92 Å². The van der Waals surface area contributed by atoms with Crippen LogP contribution in [-0.2, 0) is 6.42 Å². The van der Waals surface area contributed by atoms with Crippen LogP contribution in [0.1, 0.15) is 69.4 Å². The first-order valence-electron chi connectivity index (χ1n) is 8.44. The van der Waals surface area contributed by atoms with Crippen LogP contribution in [0.4, 0.5) is 0 Å². The summed E-state index contributed by atoms with van der Waals surface area (Å²) in [5, 5.41) is 0. The van der Waals surface area contributed by atoms with Gasteiger partial charge in [-0.1, -0.05) is 38.1 Å². The van der Waals surface area contributed by atoms with Gasteiger partial charge in [-0.2, -0.15) is 0 Å². The molecule has 2 N–H and O–H groups in total. The average molecular weight is 271 g/mol. The van der Waals surface area contributed by atoms with E-state index in [1.165, 1.54) is 44.9 Å². The van der Waals surface area contributed by atoms with Gasteiger partial charge in [-0.25, -0.2) is 0 Å². The summed E-state index contributed by atoms with van der Waals surface area (Å²) in [7, 11) is 0. The molecule has 1 nitrogen and oxygen atoms in total. The molecule has 0 aliphatic heterocycles. The Bertz CT molecular complexity index is 467. The molecule has 1 aromatic carbocycles. The largest absolute Gasteiger partial charge is 0.325 e. The standard InChI is InChI=1S/C19H29N/c1-14-10-11-19(20,12-15(14)2)13-17-8-5-7-16-6-3-4-9-18(16)17/h3-4,6,9,14-15,17H,5,7-8,10-13,20H2,1-2H3. The number of fused-ring (bicyclic) bond motifs is 1. The smallest absolute Gasteiger partial charge is 0.0162 e. The molecule has 2 aliphatic carbocycles. The number of aryl methyl sites for hydroxylation is 1. The summed E-state index contributed by atoms with van der Waals surface area (Å²) >= 11 is 0. The Morgan fingerprint density at radius 2 is 1.95 bits per heavy atom. The van der Waals surface area contributed by atoms with Gasteiger partial charge in [0.05, 0.1) is 0 Å². The molecule has 0 amide bonds. The lowest BCUT2D eigenvalue weighted by atomic mass is 9.66. The van der Waals surface area contributed by atoms with Gasteiger partial charge < -0.3 is 5.73 Å². The summed E-state index contributed by atoms with van der Waals surface area (Å²) in [6.07, 6.45) is 8.87. The quantitative estimate of drug-likeness (QED) is 0.832. The highest BCUT2D eigenvalue weighted by Gasteiger charge is 2.37. The van der Waals surface area contributed by atoms with Crippen LogP contribution in [0.15, 0.2) is 24.3 Å². The molecule has 0 bridgehead atoms. The summed E-state index contributed by atoms with van der Waals surface area (Å²) in [5.41, 5.74) is 10.1. The van der Waals surface area contributed by atoms with E-state index in [9.17, 15) is 0 Å². The van der Waals surface area contributed by atoms with Gasteiger partial charge in [-0.15, -0.1) is 0 Å². The first-order chi connectivity index (χ1) is 9.57. The lowest BCUT2D eigenvalue weighted by Gasteiger charge is -2.43. The minimum absolute atomic E-state index is 0.0844. The molecule has 1 fully saturated rings. The maximum Gasteiger partial charge on any atom is 0.0162 e. The fraction of sp³-hybridized carbons (Fsp3) is 0.684. The molecule has 0 heterocycles. The maximum absolute atomic E-state index is 6.80. The van der Waals surface area contributed by atoms with Crippen molar-refractivity contribution in [3.63, 3.8) is 0 Å². The van der Waals surface area contributed by atoms with Gasteiger partial charge in [-0.05, 0) is 73.8 Å². The zero-order valence-electron chi connectivity index (χ0n) is 13.1. The van der Waals surface area contributed by atoms with Gasteiger partial charge in [-0.3, -0.25) is 0 Å². The predicted molar refractivity (Wildman–Crippen MR) is 85.8 cm³/mol. The van der Waals surface area contributed by atoms with Crippen molar-refractivity contribution in [1.29, 1.82) is 0 Å². The first-order valence-corrected chi connectivity index (χ1v) is 8.44. The van der Waals surface area contributed by atoms with E-state index < -0.39 is 0 Å². The predicted octanol–water partition coefficient (Wildman–Crippen LogP) is 4.65. The van der Waals surface area contributed by atoms with Crippen LogP contribution in [0.25, 0.3) is 0 Å². The van der Waals surface area contributed by atoms with Gasteiger partial charge in [0, 0.05) is 5.54 Å². The zero-order chi connectivity index (χ0) is 14.2. The number of nitrogens with two attached hydrogens (primary N) is 1. The van der Waals surface area contributed by atoms with E-state index in [-0.39, 0.29) is 5.54 Å². The van der Waals surface area contributed by atoms with Crippen molar-refractivity contribution in [1.82, 2.24) is 0 Å². The van der Waals surface area contributed by atoms with Crippen molar-refractivity contribution >= 4 is 0 Å². The molecule has 1 heteroatoms. The van der Waals surface area contributed by atoms with Crippen molar-refractivity contribution in [2.75, 3.05) is 0 Å². The SMILES string of the molecule is CC1CCC(N)(CC2CCCc3ccccc32)CC1C. The van der Waals surface area contributed by atoms with E-state index >= 15 is 0 Å². The Labute approximate surface area is 124 Å². The molecule has 4 atom stereocenters. The van der Waals surface area contributed by atoms with Crippen LogP contribution in [0.3, 0.4) is 0 Å². The Kier molecular flexibility index (Phi) is 3.90. The Hall–Kier alpha value is -0.820. The molecule has 0 radical (unpaired) electrons. The first kappa shape index (κ1) is 14.1. The van der Waals surface area contributed by atoms with Gasteiger partial charge in [0.15, 0.2) is 0 Å². The summed E-state index contributed by atoms with van der Waals surface area (Å²) in [5.74, 6) is 2.34. The topological polar surface area (TPSA) is 26.0 Å². The lowest BCUT2D eigenvalue weighted by molar-refractivity contribution is 0.157. The van der Waals surface area contributed by atoms with Crippen LogP contribution in [0, 0.1) is 11.8 Å². The number of hydrogen-bond acceptors (Lipinski definition) is 1. The van der Waals surface area contributed by atoms with Gasteiger partial charge in [0.25, 0.3) is 0 Å². The average Bonchev–Trinajstić information content (AvgIpc) is 2.44. The van der Waals surface area contributed by atoms with Gasteiger partial charge in [0.1, 0.15) is 0 Å². The summed E-state index contributed by atoms with van der Waals surface area (Å²) in [4.78, 5) is 0. The molecule has 1 saturated carbocycles.